The first-order valence-corrected chi connectivity index (χ1v) is 2.06. The molecule has 1 fully saturated rings. The Labute approximate surface area is 57.6 Å². The average Bonchev–Trinajstić information content (AvgIpc) is 1.85. The van der Waals surface area contributed by atoms with Gasteiger partial charge in [-0.05, 0) is 0 Å². The summed E-state index contributed by atoms with van der Waals surface area (Å²) in [4.78, 5) is 20.5. The van der Waals surface area contributed by atoms with Crippen molar-refractivity contribution in [2.45, 2.75) is 0 Å². The molecule has 6 heteroatoms. The molecular weight excluding hydrogens is 146 g/mol. The summed E-state index contributed by atoms with van der Waals surface area (Å²) in [6.07, 6.45) is 0. The molecule has 0 aromatic rings. The van der Waals surface area contributed by atoms with Crippen LogP contribution in [0.5, 0.6) is 0 Å². The fourth-order valence-corrected chi connectivity index (χ4v) is 0.457. The first-order valence-electron chi connectivity index (χ1n) is 2.06. The van der Waals surface area contributed by atoms with E-state index in [9.17, 15) is 9.59 Å². The number of hydrazine groups is 1. The highest BCUT2D eigenvalue weighted by molar-refractivity contribution is 6.01. The van der Waals surface area contributed by atoms with Crippen LogP contribution in [-0.2, 0) is 4.79 Å². The number of carbonyl (C=O) groups is 2. The zero-order valence-electron chi connectivity index (χ0n) is 4.46. The molecule has 1 rings (SSSR count). The van der Waals surface area contributed by atoms with Gasteiger partial charge in [-0.15, -0.1) is 12.4 Å². The Morgan fingerprint density at radius 3 is 2.22 bits per heavy atom. The van der Waals surface area contributed by atoms with Crippen LogP contribution in [0.1, 0.15) is 0 Å². The predicted molar refractivity (Wildman–Crippen MR) is 31.7 cm³/mol. The average molecular weight is 153 g/mol. The van der Waals surface area contributed by atoms with Crippen molar-refractivity contribution in [1.29, 1.82) is 0 Å². The largest absolute Gasteiger partial charge is 0.338 e. The Morgan fingerprint density at radius 2 is 2.11 bits per heavy atom. The molecule has 1 heterocycles. The molecule has 0 aromatic heterocycles. The maximum atomic E-state index is 10.3. The molecule has 0 atom stereocenters. The Morgan fingerprint density at radius 1 is 1.56 bits per heavy atom. The molecule has 52 valence electrons. The predicted octanol–water partition coefficient (Wildman–Crippen LogP) is -1.17. The van der Waals surface area contributed by atoms with E-state index in [1.165, 1.54) is 0 Å². The molecule has 1 aliphatic rings. The molecular formula is C3H6ClN3O2. The van der Waals surface area contributed by atoms with Gasteiger partial charge in [0.2, 0.25) is 5.91 Å². The van der Waals surface area contributed by atoms with Gasteiger partial charge in [0.15, 0.2) is 0 Å². The lowest BCUT2D eigenvalue weighted by molar-refractivity contribution is -0.118. The van der Waals surface area contributed by atoms with Gasteiger partial charge in [0.05, 0.1) is 0 Å². The summed E-state index contributed by atoms with van der Waals surface area (Å²) in [5, 5.41) is 2.81. The van der Waals surface area contributed by atoms with E-state index in [0.29, 0.717) is 0 Å². The van der Waals surface area contributed by atoms with Crippen LogP contribution >= 0.6 is 12.4 Å². The molecule has 0 saturated carbocycles. The maximum absolute atomic E-state index is 10.3. The van der Waals surface area contributed by atoms with Crippen molar-refractivity contribution >= 4 is 24.3 Å². The normalized spacial score (nSPS) is 17.2. The lowest BCUT2D eigenvalue weighted by Gasteiger charge is -1.99. The Hall–Kier alpha value is -0.810. The second-order valence-electron chi connectivity index (χ2n) is 1.48. The van der Waals surface area contributed by atoms with Gasteiger partial charge in [-0.25, -0.2) is 10.6 Å². The fraction of sp³-hybridized carbons (Fsp3) is 0.333. The minimum absolute atomic E-state index is 0. The molecule has 0 radical (unpaired) electrons. The minimum atomic E-state index is -0.532. The number of nitrogens with zero attached hydrogens (tertiary/aromatic N) is 1. The summed E-state index contributed by atoms with van der Waals surface area (Å²) >= 11 is 0. The van der Waals surface area contributed by atoms with Gasteiger partial charge < -0.3 is 0 Å². The second-order valence-corrected chi connectivity index (χ2v) is 1.48. The molecule has 1 saturated heterocycles. The van der Waals surface area contributed by atoms with E-state index in [2.05, 4.69) is 0 Å². The number of halogens is 1. The van der Waals surface area contributed by atoms with Crippen molar-refractivity contribution in [3.05, 3.63) is 0 Å². The van der Waals surface area contributed by atoms with Crippen LogP contribution in [0, 0.1) is 0 Å². The third-order valence-corrected chi connectivity index (χ3v) is 0.821. The van der Waals surface area contributed by atoms with Crippen molar-refractivity contribution in [3.8, 4) is 0 Å². The zero-order valence-corrected chi connectivity index (χ0v) is 5.27. The molecule has 5 nitrogen and oxygen atoms in total. The fourth-order valence-electron chi connectivity index (χ4n) is 0.457. The van der Waals surface area contributed by atoms with E-state index >= 15 is 0 Å². The van der Waals surface area contributed by atoms with Crippen molar-refractivity contribution in [2.24, 2.45) is 5.84 Å². The van der Waals surface area contributed by atoms with Gasteiger partial charge in [-0.3, -0.25) is 15.1 Å². The number of urea groups is 1. The number of nitrogens with two attached hydrogens (primary N) is 1. The summed E-state index contributed by atoms with van der Waals surface area (Å²) in [7, 11) is 0. The molecule has 9 heavy (non-hydrogen) atoms. The second kappa shape index (κ2) is 2.65. The Bertz CT molecular complexity index is 148. The molecule has 0 aromatic carbocycles. The van der Waals surface area contributed by atoms with Gasteiger partial charge in [-0.2, -0.15) is 0 Å². The monoisotopic (exact) mass is 152 g/mol. The molecule has 0 unspecified atom stereocenters. The number of amides is 3. The molecule has 0 bridgehead atoms. The van der Waals surface area contributed by atoms with Crippen LogP contribution in [0.2, 0.25) is 0 Å². The van der Waals surface area contributed by atoms with E-state index in [4.69, 9.17) is 5.84 Å². The summed E-state index contributed by atoms with van der Waals surface area (Å²) in [6.45, 7) is -0.0289. The Balaban J connectivity index is 0.000000640. The van der Waals surface area contributed by atoms with E-state index in [1.54, 1.807) is 0 Å². The molecule has 0 aliphatic carbocycles. The number of nitrogens with one attached hydrogen (secondary N) is 1. The highest BCUT2D eigenvalue weighted by Crippen LogP contribution is 1.87. The molecule has 3 N–H and O–H groups in total. The van der Waals surface area contributed by atoms with Gasteiger partial charge in [0.25, 0.3) is 0 Å². The van der Waals surface area contributed by atoms with Crippen molar-refractivity contribution in [2.75, 3.05) is 6.54 Å². The van der Waals surface area contributed by atoms with Crippen LogP contribution in [0.4, 0.5) is 4.79 Å². The van der Waals surface area contributed by atoms with Gasteiger partial charge in [0, 0.05) is 0 Å². The van der Waals surface area contributed by atoms with Gasteiger partial charge in [0.1, 0.15) is 6.54 Å². The first-order chi connectivity index (χ1) is 3.70. The van der Waals surface area contributed by atoms with Crippen molar-refractivity contribution in [1.82, 2.24) is 10.3 Å². The summed E-state index contributed by atoms with van der Waals surface area (Å²) < 4.78 is 0. The molecule has 1 aliphatic heterocycles. The standard InChI is InChI=1S/C3H5N3O2.ClH/c4-6-1-2(7)5-3(6)8;/h1,4H2,(H,5,7,8);1H/i1+1;. The number of hydrogen-bond acceptors (Lipinski definition) is 3. The number of imide groups is 1. The minimum Gasteiger partial charge on any atom is -0.275 e. The highest BCUT2D eigenvalue weighted by atomic mass is 35.5. The summed E-state index contributed by atoms with van der Waals surface area (Å²) in [5.74, 6) is 4.62. The van der Waals surface area contributed by atoms with E-state index in [-0.39, 0.29) is 24.9 Å². The number of hydrogen-bond donors (Lipinski definition) is 2. The lowest BCUT2D eigenvalue weighted by atomic mass is 10.9. The van der Waals surface area contributed by atoms with Crippen LogP contribution in [0.3, 0.4) is 0 Å². The zero-order chi connectivity index (χ0) is 6.15. The summed E-state index contributed by atoms with van der Waals surface area (Å²) in [6, 6.07) is -0.532. The Kier molecular flexibility index (Phi) is 2.41. The van der Waals surface area contributed by atoms with E-state index in [1.807, 2.05) is 5.32 Å². The van der Waals surface area contributed by atoms with Crippen LogP contribution in [0.25, 0.3) is 0 Å². The van der Waals surface area contributed by atoms with E-state index < -0.39 is 6.03 Å². The van der Waals surface area contributed by atoms with Crippen LogP contribution in [0.15, 0.2) is 0 Å². The van der Waals surface area contributed by atoms with Crippen molar-refractivity contribution < 1.29 is 9.59 Å². The van der Waals surface area contributed by atoms with Crippen molar-refractivity contribution in [3.63, 3.8) is 0 Å². The first kappa shape index (κ1) is 8.19. The highest BCUT2D eigenvalue weighted by Gasteiger charge is 2.22. The van der Waals surface area contributed by atoms with Crippen LogP contribution in [-0.4, -0.2) is 23.5 Å². The third kappa shape index (κ3) is 1.55. The topological polar surface area (TPSA) is 75.4 Å². The summed E-state index contributed by atoms with van der Waals surface area (Å²) in [5.41, 5.74) is 0. The number of rotatable bonds is 0. The quantitative estimate of drug-likeness (QED) is 0.199. The molecule has 0 spiro atoms. The SMILES string of the molecule is Cl.NN1[13CH2]C(=O)NC1=O. The maximum Gasteiger partial charge on any atom is 0.338 e. The van der Waals surface area contributed by atoms with E-state index in [0.717, 1.165) is 5.01 Å². The smallest absolute Gasteiger partial charge is 0.275 e. The van der Waals surface area contributed by atoms with Gasteiger partial charge >= 0.3 is 6.03 Å². The number of carbonyl (C=O) groups excluding carboxylic acids is 2. The van der Waals surface area contributed by atoms with Crippen LogP contribution < -0.4 is 11.2 Å². The third-order valence-electron chi connectivity index (χ3n) is 0.821. The molecule has 3 amide bonds. The lowest BCUT2D eigenvalue weighted by Crippen LogP contribution is -2.34. The van der Waals surface area contributed by atoms with Gasteiger partial charge in [-0.1, -0.05) is 0 Å².